The number of hydrogen-bond donors (Lipinski definition) is 1. The highest BCUT2D eigenvalue weighted by Gasteiger charge is 2.21. The maximum atomic E-state index is 11.3. The number of aromatic nitrogens is 1. The second kappa shape index (κ2) is 5.07. The minimum Gasteiger partial charge on any atom is -0.486 e. The molecule has 3 rings (SSSR count). The Bertz CT molecular complexity index is 661. The topological polar surface area (TPSA) is 66.5 Å². The second-order valence-corrected chi connectivity index (χ2v) is 4.97. The molecule has 0 unspecified atom stereocenters. The zero-order chi connectivity index (χ0) is 14.1. The van der Waals surface area contributed by atoms with Crippen LogP contribution in [0.2, 0.25) is 0 Å². The maximum absolute atomic E-state index is 11.3. The predicted molar refractivity (Wildman–Crippen MR) is 76.1 cm³/mol. The van der Waals surface area contributed by atoms with Gasteiger partial charge in [-0.15, -0.1) is 0 Å². The number of primary amides is 1. The number of rotatable bonds is 4. The van der Waals surface area contributed by atoms with E-state index in [1.165, 1.54) is 0 Å². The molecule has 1 amide bonds. The summed E-state index contributed by atoms with van der Waals surface area (Å²) in [5, 5.41) is 0.953. The molecule has 2 aromatic rings. The van der Waals surface area contributed by atoms with Crippen molar-refractivity contribution < 1.29 is 14.3 Å². The van der Waals surface area contributed by atoms with Gasteiger partial charge in [-0.25, -0.2) is 0 Å². The van der Waals surface area contributed by atoms with Gasteiger partial charge in [0.05, 0.1) is 11.9 Å². The lowest BCUT2D eigenvalue weighted by atomic mass is 10.1. The highest BCUT2D eigenvalue weighted by Crippen LogP contribution is 2.40. The number of nitrogens with zero attached hydrogens (tertiary/aromatic N) is 1. The van der Waals surface area contributed by atoms with Crippen molar-refractivity contribution in [1.29, 1.82) is 0 Å². The molecule has 0 fully saturated rings. The molecule has 106 valence electrons. The number of carbonyl (C=O) groups is 1. The van der Waals surface area contributed by atoms with E-state index in [1.807, 2.05) is 18.3 Å². The molecule has 1 aliphatic rings. The fourth-order valence-electron chi connectivity index (χ4n) is 2.72. The molecule has 0 radical (unpaired) electrons. The van der Waals surface area contributed by atoms with Gasteiger partial charge in [0.2, 0.25) is 5.91 Å². The largest absolute Gasteiger partial charge is 0.486 e. The van der Waals surface area contributed by atoms with E-state index in [-0.39, 0.29) is 12.3 Å². The first-order chi connectivity index (χ1) is 9.70. The van der Waals surface area contributed by atoms with Crippen molar-refractivity contribution >= 4 is 16.8 Å². The first-order valence-corrected chi connectivity index (χ1v) is 6.89. The summed E-state index contributed by atoms with van der Waals surface area (Å²) >= 11 is 0. The third-order valence-corrected chi connectivity index (χ3v) is 3.46. The molecular weight excluding hydrogens is 256 g/mol. The van der Waals surface area contributed by atoms with Crippen LogP contribution >= 0.6 is 0 Å². The van der Waals surface area contributed by atoms with Crippen LogP contribution in [0.3, 0.4) is 0 Å². The van der Waals surface area contributed by atoms with Gasteiger partial charge < -0.3 is 19.8 Å². The van der Waals surface area contributed by atoms with Crippen LogP contribution in [0.4, 0.5) is 0 Å². The Hall–Kier alpha value is -2.17. The number of ether oxygens (including phenoxy) is 2. The van der Waals surface area contributed by atoms with Gasteiger partial charge in [0.25, 0.3) is 0 Å². The van der Waals surface area contributed by atoms with Crippen LogP contribution in [0.25, 0.3) is 10.9 Å². The van der Waals surface area contributed by atoms with E-state index in [2.05, 4.69) is 11.5 Å². The van der Waals surface area contributed by atoms with Crippen molar-refractivity contribution in [2.45, 2.75) is 26.3 Å². The average molecular weight is 274 g/mol. The standard InChI is InChI=1S/C15H18N2O3/c1-2-5-17-9-10(8-13(16)18)14-11(17)3-4-12-15(14)20-7-6-19-12/h3-4,9H,2,5-8H2,1H3,(H2,16,18). The van der Waals surface area contributed by atoms with Gasteiger partial charge in [-0.3, -0.25) is 4.79 Å². The van der Waals surface area contributed by atoms with Gasteiger partial charge in [0, 0.05) is 18.1 Å². The summed E-state index contributed by atoms with van der Waals surface area (Å²) in [6, 6.07) is 3.94. The van der Waals surface area contributed by atoms with Crippen LogP contribution < -0.4 is 15.2 Å². The summed E-state index contributed by atoms with van der Waals surface area (Å²) in [7, 11) is 0. The summed E-state index contributed by atoms with van der Waals surface area (Å²) in [5.74, 6) is 1.14. The van der Waals surface area contributed by atoms with E-state index >= 15 is 0 Å². The third kappa shape index (κ3) is 2.09. The number of aryl methyl sites for hydroxylation is 1. The van der Waals surface area contributed by atoms with E-state index in [0.29, 0.717) is 13.2 Å². The minimum absolute atomic E-state index is 0.215. The fraction of sp³-hybridized carbons (Fsp3) is 0.400. The fourth-order valence-corrected chi connectivity index (χ4v) is 2.72. The van der Waals surface area contributed by atoms with Gasteiger partial charge >= 0.3 is 0 Å². The maximum Gasteiger partial charge on any atom is 0.221 e. The lowest BCUT2D eigenvalue weighted by Gasteiger charge is -2.19. The SMILES string of the molecule is CCCn1cc(CC(N)=O)c2c3c(ccc21)OCCO3. The molecule has 20 heavy (non-hydrogen) atoms. The van der Waals surface area contributed by atoms with E-state index in [0.717, 1.165) is 40.9 Å². The van der Waals surface area contributed by atoms with Crippen LogP contribution in [-0.4, -0.2) is 23.7 Å². The van der Waals surface area contributed by atoms with Crippen LogP contribution in [0.5, 0.6) is 11.5 Å². The number of hydrogen-bond acceptors (Lipinski definition) is 3. The van der Waals surface area contributed by atoms with Crippen LogP contribution in [0.15, 0.2) is 18.3 Å². The summed E-state index contributed by atoms with van der Waals surface area (Å²) < 4.78 is 13.5. The molecule has 5 heteroatoms. The third-order valence-electron chi connectivity index (χ3n) is 3.46. The van der Waals surface area contributed by atoms with E-state index in [1.54, 1.807) is 0 Å². The molecular formula is C15H18N2O3. The van der Waals surface area contributed by atoms with E-state index in [9.17, 15) is 4.79 Å². The highest BCUT2D eigenvalue weighted by molar-refractivity contribution is 5.95. The van der Waals surface area contributed by atoms with E-state index < -0.39 is 0 Å². The van der Waals surface area contributed by atoms with Crippen LogP contribution in [-0.2, 0) is 17.8 Å². The summed E-state index contributed by atoms with van der Waals surface area (Å²) in [4.78, 5) is 11.3. The first kappa shape index (κ1) is 12.8. The highest BCUT2D eigenvalue weighted by atomic mass is 16.6. The van der Waals surface area contributed by atoms with Gasteiger partial charge in [-0.1, -0.05) is 6.92 Å². The van der Waals surface area contributed by atoms with Crippen molar-refractivity contribution in [3.8, 4) is 11.5 Å². The van der Waals surface area contributed by atoms with Crippen molar-refractivity contribution in [3.05, 3.63) is 23.9 Å². The minimum atomic E-state index is -0.338. The zero-order valence-corrected chi connectivity index (χ0v) is 11.5. The number of fused-ring (bicyclic) bond motifs is 3. The Morgan fingerprint density at radius 2 is 2.15 bits per heavy atom. The quantitative estimate of drug-likeness (QED) is 0.925. The summed E-state index contributed by atoms with van der Waals surface area (Å²) in [6.45, 7) is 4.10. The Kier molecular flexibility index (Phi) is 3.26. The Labute approximate surface area is 117 Å². The zero-order valence-electron chi connectivity index (χ0n) is 11.5. The molecule has 0 spiro atoms. The second-order valence-electron chi connectivity index (χ2n) is 4.97. The average Bonchev–Trinajstić information content (AvgIpc) is 2.77. The molecule has 1 aromatic heterocycles. The molecule has 0 saturated heterocycles. The van der Waals surface area contributed by atoms with Crippen molar-refractivity contribution in [2.75, 3.05) is 13.2 Å². The number of amides is 1. The van der Waals surface area contributed by atoms with Gasteiger partial charge in [-0.2, -0.15) is 0 Å². The molecule has 1 aliphatic heterocycles. The number of benzene rings is 1. The van der Waals surface area contributed by atoms with Crippen LogP contribution in [0.1, 0.15) is 18.9 Å². The van der Waals surface area contributed by atoms with Gasteiger partial charge in [0.15, 0.2) is 11.5 Å². The first-order valence-electron chi connectivity index (χ1n) is 6.89. The normalized spacial score (nSPS) is 13.7. The smallest absolute Gasteiger partial charge is 0.221 e. The Morgan fingerprint density at radius 3 is 2.90 bits per heavy atom. The molecule has 0 bridgehead atoms. The number of carbonyl (C=O) groups excluding carboxylic acids is 1. The summed E-state index contributed by atoms with van der Waals surface area (Å²) in [5.41, 5.74) is 7.32. The molecule has 0 atom stereocenters. The lowest BCUT2D eigenvalue weighted by molar-refractivity contribution is -0.117. The molecule has 2 N–H and O–H groups in total. The van der Waals surface area contributed by atoms with Crippen molar-refractivity contribution in [2.24, 2.45) is 5.73 Å². The van der Waals surface area contributed by atoms with E-state index in [4.69, 9.17) is 15.2 Å². The molecule has 5 nitrogen and oxygen atoms in total. The lowest BCUT2D eigenvalue weighted by Crippen LogP contribution is -2.16. The van der Waals surface area contributed by atoms with Crippen molar-refractivity contribution in [3.63, 3.8) is 0 Å². The van der Waals surface area contributed by atoms with Gasteiger partial charge in [0.1, 0.15) is 13.2 Å². The molecule has 1 aromatic carbocycles. The van der Waals surface area contributed by atoms with Crippen molar-refractivity contribution in [1.82, 2.24) is 4.57 Å². The Morgan fingerprint density at radius 1 is 1.35 bits per heavy atom. The predicted octanol–water partition coefficient (Wildman–Crippen LogP) is 1.85. The summed E-state index contributed by atoms with van der Waals surface area (Å²) in [6.07, 6.45) is 3.23. The van der Waals surface area contributed by atoms with Gasteiger partial charge in [-0.05, 0) is 24.1 Å². The molecule has 0 saturated carbocycles. The Balaban J connectivity index is 2.22. The monoisotopic (exact) mass is 274 g/mol. The molecule has 0 aliphatic carbocycles. The number of nitrogens with two attached hydrogens (primary N) is 1. The molecule has 2 heterocycles. The van der Waals surface area contributed by atoms with Crippen LogP contribution in [0, 0.1) is 0 Å².